The van der Waals surface area contributed by atoms with Crippen LogP contribution in [0.2, 0.25) is 0 Å². The zero-order valence-electron chi connectivity index (χ0n) is 16.0. The number of hydrogen-bond donors (Lipinski definition) is 1. The van der Waals surface area contributed by atoms with Crippen molar-refractivity contribution in [3.05, 3.63) is 54.1 Å². The molecule has 1 aliphatic rings. The number of carbonyl (C=O) groups excluding carboxylic acids is 1. The molecule has 2 aromatic carbocycles. The Morgan fingerprint density at radius 2 is 1.41 bits per heavy atom. The molecule has 1 N–H and O–H groups in total. The van der Waals surface area contributed by atoms with Crippen LogP contribution in [0, 0.1) is 0 Å². The van der Waals surface area contributed by atoms with Crippen LogP contribution in [0.1, 0.15) is 31.2 Å². The Morgan fingerprint density at radius 3 is 1.96 bits per heavy atom. The predicted molar refractivity (Wildman–Crippen MR) is 105 cm³/mol. The molecule has 3 rings (SSSR count). The van der Waals surface area contributed by atoms with Gasteiger partial charge in [-0.3, -0.25) is 4.79 Å². The van der Waals surface area contributed by atoms with Crippen molar-refractivity contribution in [2.75, 3.05) is 27.4 Å². The molecule has 27 heavy (non-hydrogen) atoms. The molecule has 0 spiro atoms. The van der Waals surface area contributed by atoms with Crippen molar-refractivity contribution in [3.63, 3.8) is 0 Å². The van der Waals surface area contributed by atoms with E-state index in [-0.39, 0.29) is 17.9 Å². The quantitative estimate of drug-likeness (QED) is 0.771. The van der Waals surface area contributed by atoms with E-state index in [4.69, 9.17) is 14.2 Å². The zero-order valence-corrected chi connectivity index (χ0v) is 16.0. The average Bonchev–Trinajstić information content (AvgIpc) is 3.21. The molecular formula is C22H27NO4. The van der Waals surface area contributed by atoms with Gasteiger partial charge in [0.25, 0.3) is 5.91 Å². The molecule has 5 nitrogen and oxygen atoms in total. The second-order valence-corrected chi connectivity index (χ2v) is 6.96. The summed E-state index contributed by atoms with van der Waals surface area (Å²) in [7, 11) is 3.29. The summed E-state index contributed by atoms with van der Waals surface area (Å²) in [6, 6.07) is 15.4. The maximum absolute atomic E-state index is 12.3. The first-order valence-electron chi connectivity index (χ1n) is 9.33. The number of benzene rings is 2. The van der Waals surface area contributed by atoms with Gasteiger partial charge in [-0.15, -0.1) is 0 Å². The highest BCUT2D eigenvalue weighted by Crippen LogP contribution is 2.41. The third kappa shape index (κ3) is 4.73. The van der Waals surface area contributed by atoms with E-state index in [9.17, 15) is 4.79 Å². The van der Waals surface area contributed by atoms with E-state index in [1.807, 2.05) is 24.3 Å². The Kier molecular flexibility index (Phi) is 6.22. The molecule has 0 atom stereocenters. The maximum Gasteiger partial charge on any atom is 0.257 e. The molecule has 1 aliphatic carbocycles. The lowest BCUT2D eigenvalue weighted by atomic mass is 9.79. The van der Waals surface area contributed by atoms with E-state index >= 15 is 0 Å². The van der Waals surface area contributed by atoms with E-state index in [1.165, 1.54) is 18.4 Å². The van der Waals surface area contributed by atoms with Crippen molar-refractivity contribution in [2.24, 2.45) is 0 Å². The minimum absolute atomic E-state index is 0.00203. The van der Waals surface area contributed by atoms with Gasteiger partial charge in [0, 0.05) is 12.0 Å². The highest BCUT2D eigenvalue weighted by Gasteiger charge is 2.35. The lowest BCUT2D eigenvalue weighted by Gasteiger charge is -2.30. The summed E-state index contributed by atoms with van der Waals surface area (Å²) in [4.78, 5) is 12.3. The largest absolute Gasteiger partial charge is 0.497 e. The Morgan fingerprint density at radius 1 is 0.889 bits per heavy atom. The minimum Gasteiger partial charge on any atom is -0.497 e. The number of carbonyl (C=O) groups is 1. The SMILES string of the molecule is COc1ccc(OCC(=O)NCC2(c3ccc(OC)cc3)CCCC2)cc1. The molecule has 144 valence electrons. The molecule has 2 aromatic rings. The topological polar surface area (TPSA) is 56.8 Å². The molecule has 1 amide bonds. The summed E-state index contributed by atoms with van der Waals surface area (Å²) in [6.45, 7) is 0.634. The van der Waals surface area contributed by atoms with Gasteiger partial charge in [-0.2, -0.15) is 0 Å². The standard InChI is InChI=1S/C22H27NO4/c1-25-18-7-5-17(6-8-18)22(13-3-4-14-22)16-23-21(24)15-27-20-11-9-19(26-2)10-12-20/h5-12H,3-4,13-16H2,1-2H3,(H,23,24). The fourth-order valence-electron chi connectivity index (χ4n) is 3.70. The summed E-state index contributed by atoms with van der Waals surface area (Å²) in [5.41, 5.74) is 1.26. The van der Waals surface area contributed by atoms with Crippen molar-refractivity contribution in [2.45, 2.75) is 31.1 Å². The summed E-state index contributed by atoms with van der Waals surface area (Å²) in [5.74, 6) is 2.15. The van der Waals surface area contributed by atoms with Gasteiger partial charge < -0.3 is 19.5 Å². The molecule has 0 unspecified atom stereocenters. The first-order chi connectivity index (χ1) is 13.1. The van der Waals surface area contributed by atoms with E-state index in [1.54, 1.807) is 26.4 Å². The normalized spacial score (nSPS) is 15.2. The molecule has 5 heteroatoms. The van der Waals surface area contributed by atoms with Crippen molar-refractivity contribution in [1.82, 2.24) is 5.32 Å². The lowest BCUT2D eigenvalue weighted by molar-refractivity contribution is -0.123. The monoisotopic (exact) mass is 369 g/mol. The van der Waals surface area contributed by atoms with Crippen molar-refractivity contribution in [3.8, 4) is 17.2 Å². The Bertz CT molecular complexity index is 734. The van der Waals surface area contributed by atoms with Gasteiger partial charge in [0.2, 0.25) is 0 Å². The van der Waals surface area contributed by atoms with E-state index in [0.29, 0.717) is 12.3 Å². The van der Waals surface area contributed by atoms with E-state index < -0.39 is 0 Å². The van der Waals surface area contributed by atoms with Crippen LogP contribution in [0.4, 0.5) is 0 Å². The van der Waals surface area contributed by atoms with Crippen molar-refractivity contribution >= 4 is 5.91 Å². The van der Waals surface area contributed by atoms with Crippen LogP contribution in [-0.4, -0.2) is 33.3 Å². The van der Waals surface area contributed by atoms with Gasteiger partial charge >= 0.3 is 0 Å². The molecule has 0 aliphatic heterocycles. The van der Waals surface area contributed by atoms with Crippen molar-refractivity contribution in [1.29, 1.82) is 0 Å². The third-order valence-electron chi connectivity index (χ3n) is 5.32. The van der Waals surface area contributed by atoms with Crippen LogP contribution in [0.15, 0.2) is 48.5 Å². The summed E-state index contributed by atoms with van der Waals surface area (Å²) in [6.07, 6.45) is 4.53. The molecule has 0 saturated heterocycles. The Labute approximate surface area is 160 Å². The Hall–Kier alpha value is -2.69. The molecule has 1 fully saturated rings. The number of methoxy groups -OCH3 is 2. The fourth-order valence-corrected chi connectivity index (χ4v) is 3.70. The zero-order chi connectivity index (χ0) is 19.1. The highest BCUT2D eigenvalue weighted by molar-refractivity contribution is 5.77. The number of ether oxygens (including phenoxy) is 3. The lowest BCUT2D eigenvalue weighted by Crippen LogP contribution is -2.40. The Balaban J connectivity index is 1.56. The van der Waals surface area contributed by atoms with Gasteiger partial charge in [-0.1, -0.05) is 25.0 Å². The first-order valence-corrected chi connectivity index (χ1v) is 9.33. The fraction of sp³-hybridized carbons (Fsp3) is 0.409. The van der Waals surface area contributed by atoms with Crippen molar-refractivity contribution < 1.29 is 19.0 Å². The van der Waals surface area contributed by atoms with Crippen LogP contribution >= 0.6 is 0 Å². The van der Waals surface area contributed by atoms with E-state index in [2.05, 4.69) is 17.4 Å². The van der Waals surface area contributed by atoms with E-state index in [0.717, 1.165) is 24.3 Å². The average molecular weight is 369 g/mol. The molecule has 0 aromatic heterocycles. The van der Waals surface area contributed by atoms with Crippen LogP contribution in [-0.2, 0) is 10.2 Å². The number of nitrogens with one attached hydrogen (secondary N) is 1. The van der Waals surface area contributed by atoms with Gasteiger partial charge in [0.15, 0.2) is 6.61 Å². The second-order valence-electron chi connectivity index (χ2n) is 6.96. The van der Waals surface area contributed by atoms with Crippen LogP contribution in [0.5, 0.6) is 17.2 Å². The number of rotatable bonds is 8. The number of amides is 1. The smallest absolute Gasteiger partial charge is 0.257 e. The summed E-state index contributed by atoms with van der Waals surface area (Å²) in [5, 5.41) is 3.07. The summed E-state index contributed by atoms with van der Waals surface area (Å²) >= 11 is 0. The highest BCUT2D eigenvalue weighted by atomic mass is 16.5. The second kappa shape index (κ2) is 8.80. The van der Waals surface area contributed by atoms with Gasteiger partial charge in [-0.05, 0) is 54.8 Å². The van der Waals surface area contributed by atoms with Crippen LogP contribution < -0.4 is 19.5 Å². The minimum atomic E-state index is -0.106. The molecule has 0 radical (unpaired) electrons. The molecular weight excluding hydrogens is 342 g/mol. The van der Waals surface area contributed by atoms with Gasteiger partial charge in [0.1, 0.15) is 17.2 Å². The summed E-state index contributed by atoms with van der Waals surface area (Å²) < 4.78 is 15.9. The first kappa shape index (κ1) is 19.1. The predicted octanol–water partition coefficient (Wildman–Crippen LogP) is 3.71. The molecule has 0 heterocycles. The molecule has 1 saturated carbocycles. The van der Waals surface area contributed by atoms with Gasteiger partial charge in [-0.25, -0.2) is 0 Å². The maximum atomic E-state index is 12.3. The third-order valence-corrected chi connectivity index (χ3v) is 5.32. The van der Waals surface area contributed by atoms with Crippen LogP contribution in [0.3, 0.4) is 0 Å². The van der Waals surface area contributed by atoms with Gasteiger partial charge in [0.05, 0.1) is 14.2 Å². The number of hydrogen-bond acceptors (Lipinski definition) is 4. The molecule has 0 bridgehead atoms. The van der Waals surface area contributed by atoms with Crippen LogP contribution in [0.25, 0.3) is 0 Å².